The van der Waals surface area contributed by atoms with Crippen LogP contribution in [-0.4, -0.2) is 17.5 Å². The van der Waals surface area contributed by atoms with Crippen LogP contribution >= 0.6 is 11.3 Å². The summed E-state index contributed by atoms with van der Waals surface area (Å²) < 4.78 is 29.3. The van der Waals surface area contributed by atoms with Crippen LogP contribution in [0.4, 0.5) is 14.5 Å². The molecule has 0 aliphatic carbocycles. The maximum atomic E-state index is 12.4. The van der Waals surface area contributed by atoms with Crippen molar-refractivity contribution in [3.05, 3.63) is 65.2 Å². The van der Waals surface area contributed by atoms with Crippen LogP contribution in [0, 0.1) is 6.92 Å². The number of alkyl halides is 2. The molecule has 2 aromatic carbocycles. The third kappa shape index (κ3) is 4.00. The van der Waals surface area contributed by atoms with Gasteiger partial charge in [0.1, 0.15) is 15.6 Å². The van der Waals surface area contributed by atoms with E-state index in [2.05, 4.69) is 15.0 Å². The second-order valence-corrected chi connectivity index (χ2v) is 6.19. The molecule has 0 atom stereocenters. The number of hydrogen-bond acceptors (Lipinski definition) is 4. The molecule has 128 valence electrons. The summed E-state index contributed by atoms with van der Waals surface area (Å²) in [5, 5.41) is 3.45. The summed E-state index contributed by atoms with van der Waals surface area (Å²) >= 11 is 1.26. The number of nitrogens with one attached hydrogen (secondary N) is 1. The third-order valence-corrected chi connectivity index (χ3v) is 4.54. The van der Waals surface area contributed by atoms with Gasteiger partial charge in [0.25, 0.3) is 5.91 Å². The number of benzene rings is 2. The fourth-order valence-electron chi connectivity index (χ4n) is 2.25. The lowest BCUT2D eigenvalue weighted by Gasteiger charge is -2.12. The van der Waals surface area contributed by atoms with Gasteiger partial charge in [0.2, 0.25) is 0 Å². The quantitative estimate of drug-likeness (QED) is 0.699. The Hall–Kier alpha value is -2.80. The Morgan fingerprint density at radius 1 is 1.16 bits per heavy atom. The molecule has 0 saturated carbocycles. The molecule has 1 heterocycles. The number of rotatable bonds is 5. The molecule has 4 nitrogen and oxygen atoms in total. The van der Waals surface area contributed by atoms with Crippen LogP contribution in [0.2, 0.25) is 0 Å². The van der Waals surface area contributed by atoms with E-state index < -0.39 is 6.61 Å². The minimum atomic E-state index is -2.92. The highest BCUT2D eigenvalue weighted by Crippen LogP contribution is 2.29. The van der Waals surface area contributed by atoms with Gasteiger partial charge in [-0.15, -0.1) is 11.3 Å². The predicted molar refractivity (Wildman–Crippen MR) is 93.3 cm³/mol. The molecule has 0 radical (unpaired) electrons. The Morgan fingerprint density at radius 3 is 2.64 bits per heavy atom. The van der Waals surface area contributed by atoms with Crippen LogP contribution in [0.3, 0.4) is 0 Å². The number of ether oxygens (including phenoxy) is 1. The lowest BCUT2D eigenvalue weighted by atomic mass is 10.2. The fraction of sp³-hybridized carbons (Fsp3) is 0.111. The van der Waals surface area contributed by atoms with E-state index in [0.717, 1.165) is 10.6 Å². The number of anilines is 1. The van der Waals surface area contributed by atoms with Crippen LogP contribution in [0.15, 0.2) is 54.7 Å². The van der Waals surface area contributed by atoms with Gasteiger partial charge in [0.05, 0.1) is 6.20 Å². The zero-order valence-electron chi connectivity index (χ0n) is 13.2. The summed E-state index contributed by atoms with van der Waals surface area (Å²) in [6.45, 7) is -1.31. The van der Waals surface area contributed by atoms with Gasteiger partial charge in [-0.1, -0.05) is 36.4 Å². The molecule has 0 saturated heterocycles. The summed E-state index contributed by atoms with van der Waals surface area (Å²) in [7, 11) is 0. The molecule has 7 heteroatoms. The largest absolute Gasteiger partial charge is 0.434 e. The molecular weight excluding hydrogens is 346 g/mol. The molecular formula is C18H14F2N2O2S. The summed E-state index contributed by atoms with van der Waals surface area (Å²) in [4.78, 5) is 17.1. The maximum absolute atomic E-state index is 12.4. The van der Waals surface area contributed by atoms with E-state index in [-0.39, 0.29) is 11.7 Å². The van der Waals surface area contributed by atoms with Crippen molar-refractivity contribution in [2.24, 2.45) is 0 Å². The van der Waals surface area contributed by atoms with Crippen LogP contribution in [-0.2, 0) is 0 Å². The number of carbonyl (C=O) groups is 1. The summed E-state index contributed by atoms with van der Waals surface area (Å²) in [5.74, 6) is -0.320. The summed E-state index contributed by atoms with van der Waals surface area (Å²) in [6, 6.07) is 14.1. The topological polar surface area (TPSA) is 51.2 Å². The molecule has 0 aliphatic rings. The summed E-state index contributed by atoms with van der Waals surface area (Å²) in [6.07, 6.45) is 1.50. The van der Waals surface area contributed by atoms with Gasteiger partial charge in [-0.2, -0.15) is 8.78 Å². The Balaban J connectivity index is 1.78. The Labute approximate surface area is 147 Å². The molecule has 1 N–H and O–H groups in total. The number of carbonyl (C=O) groups excluding carboxylic acids is 1. The van der Waals surface area contributed by atoms with Crippen LogP contribution in [0.25, 0.3) is 10.6 Å². The Bertz CT molecular complexity index is 882. The molecule has 0 aliphatic heterocycles. The van der Waals surface area contributed by atoms with E-state index in [0.29, 0.717) is 16.1 Å². The standard InChI is InChI=1S/C18H14F2N2O2S/c1-11-13(8-5-9-14(11)24-18(19)20)22-16(23)15-10-21-17(25-15)12-6-3-2-4-7-12/h2-10,18H,1H3,(H,22,23). The monoisotopic (exact) mass is 360 g/mol. The van der Waals surface area contributed by atoms with Crippen LogP contribution < -0.4 is 10.1 Å². The van der Waals surface area contributed by atoms with Gasteiger partial charge < -0.3 is 10.1 Å². The molecule has 0 fully saturated rings. The molecule has 1 amide bonds. The van der Waals surface area contributed by atoms with Crippen molar-refractivity contribution >= 4 is 22.9 Å². The second kappa shape index (κ2) is 7.40. The third-order valence-electron chi connectivity index (χ3n) is 3.50. The van der Waals surface area contributed by atoms with Crippen molar-refractivity contribution in [3.63, 3.8) is 0 Å². The molecule has 0 unspecified atom stereocenters. The molecule has 1 aromatic heterocycles. The van der Waals surface area contributed by atoms with Crippen LogP contribution in [0.5, 0.6) is 5.75 Å². The lowest BCUT2D eigenvalue weighted by molar-refractivity contribution is -0.0502. The van der Waals surface area contributed by atoms with Gasteiger partial charge >= 0.3 is 6.61 Å². The highest BCUT2D eigenvalue weighted by Gasteiger charge is 2.15. The number of aromatic nitrogens is 1. The first-order valence-electron chi connectivity index (χ1n) is 7.41. The van der Waals surface area contributed by atoms with E-state index in [1.54, 1.807) is 19.1 Å². The molecule has 3 aromatic rings. The minimum absolute atomic E-state index is 0.0297. The van der Waals surface area contributed by atoms with Crippen molar-refractivity contribution in [1.29, 1.82) is 0 Å². The van der Waals surface area contributed by atoms with Crippen molar-refractivity contribution in [2.45, 2.75) is 13.5 Å². The maximum Gasteiger partial charge on any atom is 0.387 e. The Morgan fingerprint density at radius 2 is 1.92 bits per heavy atom. The second-order valence-electron chi connectivity index (χ2n) is 5.16. The van der Waals surface area contributed by atoms with Gasteiger partial charge in [0, 0.05) is 16.8 Å². The zero-order valence-corrected chi connectivity index (χ0v) is 14.0. The first-order valence-corrected chi connectivity index (χ1v) is 8.23. The zero-order chi connectivity index (χ0) is 17.8. The van der Waals surface area contributed by atoms with Crippen molar-refractivity contribution in [1.82, 2.24) is 4.98 Å². The number of nitrogens with zero attached hydrogens (tertiary/aromatic N) is 1. The number of amides is 1. The first kappa shape index (κ1) is 17.0. The fourth-order valence-corrected chi connectivity index (χ4v) is 3.07. The smallest absolute Gasteiger partial charge is 0.387 e. The molecule has 0 bridgehead atoms. The molecule has 3 rings (SSSR count). The number of halogens is 2. The van der Waals surface area contributed by atoms with Crippen molar-refractivity contribution in [2.75, 3.05) is 5.32 Å². The van der Waals surface area contributed by atoms with Crippen molar-refractivity contribution in [3.8, 4) is 16.3 Å². The van der Waals surface area contributed by atoms with Gasteiger partial charge in [-0.05, 0) is 19.1 Å². The van der Waals surface area contributed by atoms with E-state index in [9.17, 15) is 13.6 Å². The average Bonchev–Trinajstić information content (AvgIpc) is 3.09. The lowest BCUT2D eigenvalue weighted by Crippen LogP contribution is -2.12. The highest BCUT2D eigenvalue weighted by atomic mass is 32.1. The predicted octanol–water partition coefficient (Wildman–Crippen LogP) is 4.97. The normalized spacial score (nSPS) is 10.7. The van der Waals surface area contributed by atoms with E-state index in [4.69, 9.17) is 0 Å². The summed E-state index contributed by atoms with van der Waals surface area (Å²) in [5.41, 5.74) is 1.77. The number of thiazole rings is 1. The van der Waals surface area contributed by atoms with Gasteiger partial charge in [-0.3, -0.25) is 4.79 Å². The molecule has 0 spiro atoms. The van der Waals surface area contributed by atoms with E-state index >= 15 is 0 Å². The van der Waals surface area contributed by atoms with Crippen molar-refractivity contribution < 1.29 is 18.3 Å². The average molecular weight is 360 g/mol. The number of hydrogen-bond donors (Lipinski definition) is 1. The van der Waals surface area contributed by atoms with Crippen LogP contribution in [0.1, 0.15) is 15.2 Å². The first-order chi connectivity index (χ1) is 12.0. The van der Waals surface area contributed by atoms with Gasteiger partial charge in [-0.25, -0.2) is 4.98 Å². The van der Waals surface area contributed by atoms with Gasteiger partial charge in [0.15, 0.2) is 0 Å². The highest BCUT2D eigenvalue weighted by molar-refractivity contribution is 7.17. The van der Waals surface area contributed by atoms with E-state index in [1.165, 1.54) is 23.6 Å². The Kier molecular flexibility index (Phi) is 5.04. The van der Waals surface area contributed by atoms with E-state index in [1.807, 2.05) is 30.3 Å². The SMILES string of the molecule is Cc1c(NC(=O)c2cnc(-c3ccccc3)s2)cccc1OC(F)F. The minimum Gasteiger partial charge on any atom is -0.434 e. The molecule has 25 heavy (non-hydrogen) atoms.